The monoisotopic (exact) mass is 216 g/mol. The van der Waals surface area contributed by atoms with Gasteiger partial charge in [-0.2, -0.15) is 0 Å². The molecule has 0 aromatic carbocycles. The van der Waals surface area contributed by atoms with Crippen LogP contribution in [0.2, 0.25) is 0 Å². The first-order chi connectivity index (χ1) is 7.04. The fourth-order valence-corrected chi connectivity index (χ4v) is 1.82. The lowest BCUT2D eigenvalue weighted by Crippen LogP contribution is -2.49. The van der Waals surface area contributed by atoms with Crippen LogP contribution in [-0.2, 0) is 4.79 Å². The maximum Gasteiger partial charge on any atom is 0.239 e. The first-order valence-electron chi connectivity index (χ1n) is 5.39. The molecule has 5 nitrogen and oxygen atoms in total. The molecule has 1 aliphatic carbocycles. The summed E-state index contributed by atoms with van der Waals surface area (Å²) in [4.78, 5) is 11.4. The van der Waals surface area contributed by atoms with Crippen LogP contribution in [0.3, 0.4) is 0 Å². The molecule has 0 saturated heterocycles. The second-order valence-electron chi connectivity index (χ2n) is 4.35. The highest BCUT2D eigenvalue weighted by Crippen LogP contribution is 2.24. The van der Waals surface area contributed by atoms with Crippen LogP contribution in [0, 0.1) is 5.92 Å². The van der Waals surface area contributed by atoms with E-state index in [1.807, 2.05) is 6.92 Å². The molecule has 1 saturated carbocycles. The molecule has 5 heteroatoms. The van der Waals surface area contributed by atoms with E-state index in [1.165, 1.54) is 0 Å². The van der Waals surface area contributed by atoms with Crippen molar-refractivity contribution in [3.63, 3.8) is 0 Å². The largest absolute Gasteiger partial charge is 0.394 e. The number of nitrogens with two attached hydrogens (primary N) is 1. The second-order valence-corrected chi connectivity index (χ2v) is 4.35. The number of nitrogens with one attached hydrogen (secondary N) is 1. The van der Waals surface area contributed by atoms with E-state index in [2.05, 4.69) is 5.32 Å². The highest BCUT2D eigenvalue weighted by atomic mass is 16.3. The number of carbonyl (C=O) groups excluding carboxylic acids is 1. The number of rotatable bonds is 3. The van der Waals surface area contributed by atoms with Crippen molar-refractivity contribution in [1.29, 1.82) is 0 Å². The number of hydrogen-bond acceptors (Lipinski definition) is 4. The predicted molar refractivity (Wildman–Crippen MR) is 56.0 cm³/mol. The Balaban J connectivity index is 2.36. The van der Waals surface area contributed by atoms with Crippen molar-refractivity contribution in [2.75, 3.05) is 6.61 Å². The predicted octanol–water partition coefficient (Wildman–Crippen LogP) is -1.03. The highest BCUT2D eigenvalue weighted by Gasteiger charge is 2.27. The molecule has 1 aliphatic rings. The van der Waals surface area contributed by atoms with Gasteiger partial charge in [-0.1, -0.05) is 6.92 Å². The Kier molecular flexibility index (Phi) is 4.50. The molecule has 15 heavy (non-hydrogen) atoms. The third-order valence-electron chi connectivity index (χ3n) is 3.03. The van der Waals surface area contributed by atoms with Gasteiger partial charge in [-0.3, -0.25) is 4.79 Å². The molecular weight excluding hydrogens is 196 g/mol. The van der Waals surface area contributed by atoms with Crippen molar-refractivity contribution >= 4 is 5.91 Å². The first-order valence-corrected chi connectivity index (χ1v) is 5.39. The lowest BCUT2D eigenvalue weighted by Gasteiger charge is -2.31. The molecule has 88 valence electrons. The molecule has 0 spiro atoms. The van der Waals surface area contributed by atoms with Crippen LogP contribution < -0.4 is 11.1 Å². The van der Waals surface area contributed by atoms with Crippen LogP contribution in [0.5, 0.6) is 0 Å². The summed E-state index contributed by atoms with van der Waals surface area (Å²) >= 11 is 0. The van der Waals surface area contributed by atoms with E-state index in [0.29, 0.717) is 12.3 Å². The molecule has 1 fully saturated rings. The zero-order valence-electron chi connectivity index (χ0n) is 9.02. The summed E-state index contributed by atoms with van der Waals surface area (Å²) in [6, 6.07) is -0.872. The third kappa shape index (κ3) is 3.44. The molecule has 0 radical (unpaired) electrons. The molecule has 0 bridgehead atoms. The Morgan fingerprint density at radius 2 is 2.27 bits per heavy atom. The molecule has 5 N–H and O–H groups in total. The molecule has 0 unspecified atom stereocenters. The Bertz CT molecular complexity index is 223. The molecule has 0 aromatic heterocycles. The molecule has 4 atom stereocenters. The number of aliphatic hydroxyl groups excluding tert-OH is 2. The summed E-state index contributed by atoms with van der Waals surface area (Å²) in [5.74, 6) is -0.0473. The van der Waals surface area contributed by atoms with Crippen molar-refractivity contribution < 1.29 is 15.0 Å². The van der Waals surface area contributed by atoms with E-state index in [0.717, 1.165) is 12.8 Å². The van der Waals surface area contributed by atoms with Crippen LogP contribution in [0.4, 0.5) is 0 Å². The zero-order valence-corrected chi connectivity index (χ0v) is 9.02. The fourth-order valence-electron chi connectivity index (χ4n) is 1.82. The quantitative estimate of drug-likeness (QED) is 0.485. The van der Waals surface area contributed by atoms with Gasteiger partial charge < -0.3 is 21.3 Å². The lowest BCUT2D eigenvalue weighted by molar-refractivity contribution is -0.124. The van der Waals surface area contributed by atoms with Gasteiger partial charge in [0.15, 0.2) is 0 Å². The van der Waals surface area contributed by atoms with Gasteiger partial charge in [0.2, 0.25) is 5.91 Å². The van der Waals surface area contributed by atoms with E-state index in [1.54, 1.807) is 0 Å². The normalized spacial score (nSPS) is 33.5. The molecular formula is C10H20N2O3. The molecule has 0 aromatic rings. The topological polar surface area (TPSA) is 95.6 Å². The van der Waals surface area contributed by atoms with Gasteiger partial charge in [0.25, 0.3) is 0 Å². The number of carbonyl (C=O) groups is 1. The third-order valence-corrected chi connectivity index (χ3v) is 3.03. The van der Waals surface area contributed by atoms with E-state index in [9.17, 15) is 9.90 Å². The number of amides is 1. The van der Waals surface area contributed by atoms with Crippen molar-refractivity contribution in [2.24, 2.45) is 11.7 Å². The minimum absolute atomic E-state index is 0.0127. The lowest BCUT2D eigenvalue weighted by atomic mass is 9.85. The maximum absolute atomic E-state index is 11.4. The second kappa shape index (κ2) is 5.44. The van der Waals surface area contributed by atoms with E-state index >= 15 is 0 Å². The van der Waals surface area contributed by atoms with Crippen LogP contribution in [0.15, 0.2) is 0 Å². The van der Waals surface area contributed by atoms with E-state index in [-0.39, 0.29) is 24.7 Å². The van der Waals surface area contributed by atoms with Gasteiger partial charge in [0, 0.05) is 6.04 Å². The first kappa shape index (κ1) is 12.4. The number of hydrogen-bond donors (Lipinski definition) is 4. The average molecular weight is 216 g/mol. The summed E-state index contributed by atoms with van der Waals surface area (Å²) in [6.45, 7) is 1.65. The SMILES string of the molecule is C[C@H]1CC[C@H](NC(=O)[C@H](N)CO)C[C@@H]1O. The van der Waals surface area contributed by atoms with Crippen molar-refractivity contribution in [2.45, 2.75) is 44.4 Å². The Labute approximate surface area is 89.7 Å². The zero-order chi connectivity index (χ0) is 11.4. The maximum atomic E-state index is 11.4. The smallest absolute Gasteiger partial charge is 0.239 e. The molecule has 0 aliphatic heterocycles. The van der Waals surface area contributed by atoms with Crippen LogP contribution in [-0.4, -0.2) is 40.9 Å². The van der Waals surface area contributed by atoms with Gasteiger partial charge in [0.05, 0.1) is 12.7 Å². The van der Waals surface area contributed by atoms with Crippen molar-refractivity contribution in [1.82, 2.24) is 5.32 Å². The van der Waals surface area contributed by atoms with Crippen LogP contribution in [0.25, 0.3) is 0 Å². The van der Waals surface area contributed by atoms with Gasteiger partial charge in [0.1, 0.15) is 6.04 Å². The standard InChI is InChI=1S/C10H20N2O3/c1-6-2-3-7(4-9(6)14)12-10(15)8(11)5-13/h6-9,13-14H,2-5,11H2,1H3,(H,12,15)/t6-,7-,8+,9-/m0/s1. The Hall–Kier alpha value is -0.650. The Morgan fingerprint density at radius 3 is 2.80 bits per heavy atom. The molecule has 1 rings (SSSR count). The fraction of sp³-hybridized carbons (Fsp3) is 0.900. The summed E-state index contributed by atoms with van der Waals surface area (Å²) in [5.41, 5.74) is 5.37. The number of aliphatic hydroxyl groups is 2. The molecule has 1 amide bonds. The van der Waals surface area contributed by atoms with Gasteiger partial charge in [-0.05, 0) is 25.2 Å². The van der Waals surface area contributed by atoms with Crippen molar-refractivity contribution in [3.8, 4) is 0 Å². The summed E-state index contributed by atoms with van der Waals surface area (Å²) in [5, 5.41) is 21.1. The average Bonchev–Trinajstić information content (AvgIpc) is 2.22. The van der Waals surface area contributed by atoms with Crippen LogP contribution >= 0.6 is 0 Å². The van der Waals surface area contributed by atoms with Crippen molar-refractivity contribution in [3.05, 3.63) is 0 Å². The minimum atomic E-state index is -0.860. The van der Waals surface area contributed by atoms with E-state index in [4.69, 9.17) is 10.8 Å². The van der Waals surface area contributed by atoms with Gasteiger partial charge in [-0.15, -0.1) is 0 Å². The van der Waals surface area contributed by atoms with Gasteiger partial charge >= 0.3 is 0 Å². The molecule has 0 heterocycles. The summed E-state index contributed by atoms with van der Waals surface area (Å²) in [7, 11) is 0. The minimum Gasteiger partial charge on any atom is -0.394 e. The highest BCUT2D eigenvalue weighted by molar-refractivity contribution is 5.81. The van der Waals surface area contributed by atoms with Crippen LogP contribution in [0.1, 0.15) is 26.2 Å². The van der Waals surface area contributed by atoms with E-state index < -0.39 is 6.04 Å². The summed E-state index contributed by atoms with van der Waals surface area (Å²) < 4.78 is 0. The summed E-state index contributed by atoms with van der Waals surface area (Å²) in [6.07, 6.45) is 1.99. The van der Waals surface area contributed by atoms with Gasteiger partial charge in [-0.25, -0.2) is 0 Å². The Morgan fingerprint density at radius 1 is 1.60 bits per heavy atom.